The van der Waals surface area contributed by atoms with E-state index in [0.717, 1.165) is 22.8 Å². The first kappa shape index (κ1) is 11.1. The fourth-order valence-electron chi connectivity index (χ4n) is 1.30. The molecular formula is C8H6F3N3OS. The molecule has 2 aromatic rings. The number of aryl methyl sites for hydroxylation is 1. The Morgan fingerprint density at radius 3 is 2.50 bits per heavy atom. The molecule has 0 unspecified atom stereocenters. The lowest BCUT2D eigenvalue weighted by Crippen LogP contribution is -2.24. The maximum atomic E-state index is 12.5. The average Bonchev–Trinajstić information content (AvgIpc) is 2.51. The molecule has 0 spiro atoms. The van der Waals surface area contributed by atoms with Crippen molar-refractivity contribution in [3.05, 3.63) is 26.6 Å². The van der Waals surface area contributed by atoms with Gasteiger partial charge in [-0.2, -0.15) is 22.8 Å². The summed E-state index contributed by atoms with van der Waals surface area (Å²) in [5.41, 5.74) is -2.35. The van der Waals surface area contributed by atoms with Crippen LogP contribution in [0.4, 0.5) is 13.2 Å². The van der Waals surface area contributed by atoms with Gasteiger partial charge in [0.1, 0.15) is 5.01 Å². The normalized spacial score (nSPS) is 12.3. The van der Waals surface area contributed by atoms with Crippen molar-refractivity contribution in [3.63, 3.8) is 0 Å². The number of halogens is 3. The third-order valence-corrected chi connectivity index (χ3v) is 2.83. The third kappa shape index (κ3) is 1.58. The number of fused-ring (bicyclic) bond motifs is 1. The van der Waals surface area contributed by atoms with Gasteiger partial charge in [-0.25, -0.2) is 4.98 Å². The van der Waals surface area contributed by atoms with Gasteiger partial charge in [0.25, 0.3) is 5.56 Å². The summed E-state index contributed by atoms with van der Waals surface area (Å²) in [7, 11) is 0. The van der Waals surface area contributed by atoms with Gasteiger partial charge in [-0.1, -0.05) is 11.3 Å². The van der Waals surface area contributed by atoms with Gasteiger partial charge >= 0.3 is 6.18 Å². The second-order valence-corrected chi connectivity index (χ2v) is 4.36. The summed E-state index contributed by atoms with van der Waals surface area (Å²) in [6, 6.07) is 0. The second kappa shape index (κ2) is 3.27. The number of aromatic nitrogens is 3. The van der Waals surface area contributed by atoms with Crippen LogP contribution in [0.15, 0.2) is 4.79 Å². The first-order valence-electron chi connectivity index (χ1n) is 4.25. The molecule has 0 aliphatic heterocycles. The Labute approximate surface area is 91.4 Å². The maximum absolute atomic E-state index is 12.5. The minimum absolute atomic E-state index is 0.0413. The highest BCUT2D eigenvalue weighted by molar-refractivity contribution is 7.16. The predicted molar refractivity (Wildman–Crippen MR) is 51.6 cm³/mol. The average molecular weight is 249 g/mol. The molecule has 0 saturated heterocycles. The van der Waals surface area contributed by atoms with E-state index in [0.29, 0.717) is 5.01 Å². The van der Waals surface area contributed by atoms with Crippen LogP contribution in [-0.4, -0.2) is 14.6 Å². The first-order chi connectivity index (χ1) is 7.30. The maximum Gasteiger partial charge on any atom is 0.433 e. The van der Waals surface area contributed by atoms with Crippen molar-refractivity contribution in [2.45, 2.75) is 20.0 Å². The molecule has 0 N–H and O–H groups in total. The Kier molecular flexibility index (Phi) is 2.26. The van der Waals surface area contributed by atoms with E-state index < -0.39 is 23.0 Å². The van der Waals surface area contributed by atoms with Gasteiger partial charge in [-0.05, 0) is 13.8 Å². The van der Waals surface area contributed by atoms with Gasteiger partial charge in [0.15, 0.2) is 5.69 Å². The Balaban J connectivity index is 2.89. The van der Waals surface area contributed by atoms with Crippen molar-refractivity contribution < 1.29 is 13.2 Å². The fraction of sp³-hybridized carbons (Fsp3) is 0.375. The first-order valence-corrected chi connectivity index (χ1v) is 5.06. The summed E-state index contributed by atoms with van der Waals surface area (Å²) < 4.78 is 38.5. The van der Waals surface area contributed by atoms with Crippen LogP contribution in [0.1, 0.15) is 16.3 Å². The zero-order chi connectivity index (χ0) is 12.1. The van der Waals surface area contributed by atoms with Gasteiger partial charge in [-0.15, -0.1) is 0 Å². The van der Waals surface area contributed by atoms with Gasteiger partial charge in [-0.3, -0.25) is 4.79 Å². The van der Waals surface area contributed by atoms with E-state index in [-0.39, 0.29) is 4.96 Å². The van der Waals surface area contributed by atoms with E-state index in [2.05, 4.69) is 10.1 Å². The second-order valence-electron chi connectivity index (χ2n) is 3.20. The molecule has 0 atom stereocenters. The molecule has 86 valence electrons. The van der Waals surface area contributed by atoms with E-state index >= 15 is 0 Å². The lowest BCUT2D eigenvalue weighted by molar-refractivity contribution is -0.141. The van der Waals surface area contributed by atoms with Crippen molar-refractivity contribution in [2.24, 2.45) is 0 Å². The number of nitrogens with zero attached hydrogens (tertiary/aromatic N) is 3. The molecule has 0 aromatic carbocycles. The van der Waals surface area contributed by atoms with Crippen LogP contribution in [-0.2, 0) is 6.18 Å². The predicted octanol–water partition coefficient (Wildman–Crippen LogP) is 1.79. The summed E-state index contributed by atoms with van der Waals surface area (Å²) >= 11 is 0.946. The SMILES string of the molecule is Cc1nn2c(=O)c(C)c(C(F)(F)F)nc2s1. The van der Waals surface area contributed by atoms with Crippen molar-refractivity contribution in [3.8, 4) is 0 Å². The number of alkyl halides is 3. The van der Waals surface area contributed by atoms with Crippen molar-refractivity contribution in [2.75, 3.05) is 0 Å². The zero-order valence-electron chi connectivity index (χ0n) is 8.29. The lowest BCUT2D eigenvalue weighted by atomic mass is 10.2. The van der Waals surface area contributed by atoms with E-state index in [1.807, 2.05) is 0 Å². The minimum Gasteiger partial charge on any atom is -0.267 e. The summed E-state index contributed by atoms with van der Waals surface area (Å²) in [5.74, 6) is 0. The monoisotopic (exact) mass is 249 g/mol. The van der Waals surface area contributed by atoms with Crippen molar-refractivity contribution in [1.29, 1.82) is 0 Å². The highest BCUT2D eigenvalue weighted by Gasteiger charge is 2.36. The van der Waals surface area contributed by atoms with Crippen molar-refractivity contribution in [1.82, 2.24) is 14.6 Å². The van der Waals surface area contributed by atoms with Crippen LogP contribution < -0.4 is 5.56 Å². The van der Waals surface area contributed by atoms with Crippen LogP contribution in [0.25, 0.3) is 4.96 Å². The van der Waals surface area contributed by atoms with Gasteiger partial charge in [0, 0.05) is 5.56 Å². The minimum atomic E-state index is -4.62. The quantitative estimate of drug-likeness (QED) is 0.715. The highest BCUT2D eigenvalue weighted by atomic mass is 32.1. The fourth-order valence-corrected chi connectivity index (χ4v) is 2.03. The lowest BCUT2D eigenvalue weighted by Gasteiger charge is -2.07. The van der Waals surface area contributed by atoms with Gasteiger partial charge in [0.2, 0.25) is 4.96 Å². The molecule has 16 heavy (non-hydrogen) atoms. The zero-order valence-corrected chi connectivity index (χ0v) is 9.11. The van der Waals surface area contributed by atoms with Crippen LogP contribution in [0.5, 0.6) is 0 Å². The Bertz CT molecular complexity index is 613. The molecule has 0 aliphatic rings. The molecule has 2 aromatic heterocycles. The summed E-state index contributed by atoms with van der Waals surface area (Å²) in [6.07, 6.45) is -4.62. The highest BCUT2D eigenvalue weighted by Crippen LogP contribution is 2.29. The van der Waals surface area contributed by atoms with Gasteiger partial charge in [0.05, 0.1) is 0 Å². The largest absolute Gasteiger partial charge is 0.433 e. The van der Waals surface area contributed by atoms with E-state index in [9.17, 15) is 18.0 Å². The molecule has 0 radical (unpaired) electrons. The molecule has 0 aliphatic carbocycles. The molecule has 4 nitrogen and oxygen atoms in total. The van der Waals surface area contributed by atoms with E-state index in [1.54, 1.807) is 6.92 Å². The van der Waals surface area contributed by atoms with Crippen LogP contribution in [0.2, 0.25) is 0 Å². The Hall–Kier alpha value is -1.44. The number of hydrogen-bond acceptors (Lipinski definition) is 4. The molecule has 2 heterocycles. The molecule has 2 rings (SSSR count). The van der Waals surface area contributed by atoms with E-state index in [1.165, 1.54) is 0 Å². The van der Waals surface area contributed by atoms with Gasteiger partial charge < -0.3 is 0 Å². The summed E-state index contributed by atoms with van der Waals surface area (Å²) in [6.45, 7) is 2.70. The molecule has 0 bridgehead atoms. The topological polar surface area (TPSA) is 47.3 Å². The number of rotatable bonds is 0. The molecular weight excluding hydrogens is 243 g/mol. The van der Waals surface area contributed by atoms with Crippen LogP contribution in [0.3, 0.4) is 0 Å². The molecule has 0 amide bonds. The van der Waals surface area contributed by atoms with Crippen LogP contribution >= 0.6 is 11.3 Å². The summed E-state index contributed by atoms with van der Waals surface area (Å²) in [5, 5.41) is 4.28. The molecule has 0 fully saturated rings. The van der Waals surface area contributed by atoms with E-state index in [4.69, 9.17) is 0 Å². The smallest absolute Gasteiger partial charge is 0.267 e. The van der Waals surface area contributed by atoms with Crippen LogP contribution in [0, 0.1) is 13.8 Å². The third-order valence-electron chi connectivity index (χ3n) is 2.01. The molecule has 0 saturated carbocycles. The number of hydrogen-bond donors (Lipinski definition) is 0. The van der Waals surface area contributed by atoms with Crippen molar-refractivity contribution >= 4 is 16.3 Å². The Morgan fingerprint density at radius 1 is 1.31 bits per heavy atom. The Morgan fingerprint density at radius 2 is 1.94 bits per heavy atom. The standard InChI is InChI=1S/C8H6F3N3OS/c1-3-5(8(9,10)11)12-7-14(6(3)15)13-4(2)16-7/h1-2H3. The molecule has 8 heteroatoms. The summed E-state index contributed by atoms with van der Waals surface area (Å²) in [4.78, 5) is 15.0.